The highest BCUT2D eigenvalue weighted by Gasteiger charge is 2.19. The number of amides is 1. The van der Waals surface area contributed by atoms with Crippen LogP contribution in [0.4, 0.5) is 4.79 Å². The third-order valence-electron chi connectivity index (χ3n) is 3.82. The van der Waals surface area contributed by atoms with Gasteiger partial charge in [0.2, 0.25) is 0 Å². The van der Waals surface area contributed by atoms with Crippen molar-refractivity contribution in [1.82, 2.24) is 24.4 Å². The molecule has 0 bridgehead atoms. The number of imidazole rings is 1. The number of aryl methyl sites for hydroxylation is 1. The number of nitrogens with one attached hydrogen (secondary N) is 1. The summed E-state index contributed by atoms with van der Waals surface area (Å²) in [6.45, 7) is 5.64. The highest BCUT2D eigenvalue weighted by molar-refractivity contribution is 5.77. The van der Waals surface area contributed by atoms with Crippen LogP contribution in [0.3, 0.4) is 0 Å². The number of nitrogens with two attached hydrogens (primary N) is 1. The van der Waals surface area contributed by atoms with Crippen LogP contribution in [0.25, 0.3) is 16.9 Å². The fourth-order valence-corrected chi connectivity index (χ4v) is 2.64. The molecule has 1 amide bonds. The quantitative estimate of drug-likeness (QED) is 0.747. The van der Waals surface area contributed by atoms with Gasteiger partial charge in [-0.1, -0.05) is 0 Å². The van der Waals surface area contributed by atoms with Crippen molar-refractivity contribution in [2.75, 3.05) is 6.54 Å². The second-order valence-corrected chi connectivity index (χ2v) is 7.15. The van der Waals surface area contributed by atoms with Gasteiger partial charge in [0, 0.05) is 37.6 Å². The van der Waals surface area contributed by atoms with E-state index in [1.165, 1.54) is 0 Å². The summed E-state index contributed by atoms with van der Waals surface area (Å²) >= 11 is 0. The van der Waals surface area contributed by atoms with Gasteiger partial charge in [0.15, 0.2) is 0 Å². The molecule has 3 aromatic heterocycles. The van der Waals surface area contributed by atoms with E-state index in [9.17, 15) is 4.79 Å². The Labute approximate surface area is 152 Å². The van der Waals surface area contributed by atoms with Gasteiger partial charge in [0.05, 0.1) is 6.04 Å². The number of fused-ring (bicyclic) bond motifs is 1. The fourth-order valence-electron chi connectivity index (χ4n) is 2.64. The van der Waals surface area contributed by atoms with Crippen molar-refractivity contribution in [3.05, 3.63) is 42.6 Å². The van der Waals surface area contributed by atoms with Crippen LogP contribution in [-0.4, -0.2) is 37.3 Å². The van der Waals surface area contributed by atoms with Gasteiger partial charge in [-0.05, 0) is 39.0 Å². The average molecular weight is 356 g/mol. The number of alkyl carbamates (subject to hydrolysis) is 1. The molecule has 8 heteroatoms. The Morgan fingerprint density at radius 3 is 2.81 bits per heavy atom. The lowest BCUT2D eigenvalue weighted by Gasteiger charge is -2.21. The van der Waals surface area contributed by atoms with Gasteiger partial charge in [-0.2, -0.15) is 0 Å². The van der Waals surface area contributed by atoms with E-state index in [2.05, 4.69) is 15.3 Å². The van der Waals surface area contributed by atoms with E-state index in [1.807, 2.05) is 61.3 Å². The zero-order chi connectivity index (χ0) is 18.9. The summed E-state index contributed by atoms with van der Waals surface area (Å²) in [5, 5.41) is 3.74. The third-order valence-corrected chi connectivity index (χ3v) is 3.82. The van der Waals surface area contributed by atoms with Crippen LogP contribution in [0, 0.1) is 0 Å². The van der Waals surface area contributed by atoms with Crippen LogP contribution in [0.5, 0.6) is 0 Å². The van der Waals surface area contributed by atoms with E-state index in [0.29, 0.717) is 5.82 Å². The van der Waals surface area contributed by atoms with Gasteiger partial charge in [0.1, 0.15) is 22.9 Å². The summed E-state index contributed by atoms with van der Waals surface area (Å²) in [6, 6.07) is 5.44. The van der Waals surface area contributed by atoms with Crippen molar-refractivity contribution in [3.63, 3.8) is 0 Å². The average Bonchev–Trinajstić information content (AvgIpc) is 3.18. The molecule has 138 valence electrons. The molecule has 3 aromatic rings. The molecule has 0 spiro atoms. The van der Waals surface area contributed by atoms with Gasteiger partial charge < -0.3 is 20.4 Å². The Kier molecular flexibility index (Phi) is 4.69. The Balaban J connectivity index is 1.76. The topological polar surface area (TPSA) is 100.0 Å². The molecule has 8 nitrogen and oxygen atoms in total. The zero-order valence-electron chi connectivity index (χ0n) is 15.4. The minimum Gasteiger partial charge on any atom is -0.444 e. The lowest BCUT2D eigenvalue weighted by atomic mass is 10.2. The molecular weight excluding hydrogens is 332 g/mol. The molecule has 0 aliphatic heterocycles. The summed E-state index contributed by atoms with van der Waals surface area (Å²) in [5.41, 5.74) is 6.55. The summed E-state index contributed by atoms with van der Waals surface area (Å²) in [4.78, 5) is 20.8. The van der Waals surface area contributed by atoms with E-state index in [0.717, 1.165) is 16.9 Å². The van der Waals surface area contributed by atoms with Crippen molar-refractivity contribution >= 4 is 17.1 Å². The van der Waals surface area contributed by atoms with Crippen molar-refractivity contribution in [1.29, 1.82) is 0 Å². The number of ether oxygens (including phenoxy) is 1. The summed E-state index contributed by atoms with van der Waals surface area (Å²) in [6.07, 6.45) is 4.93. The van der Waals surface area contributed by atoms with Crippen LogP contribution in [0.2, 0.25) is 0 Å². The lowest BCUT2D eigenvalue weighted by Crippen LogP contribution is -2.37. The Hall–Kier alpha value is -2.87. The summed E-state index contributed by atoms with van der Waals surface area (Å²) < 4.78 is 9.01. The standard InChI is InChI=1S/C18H24N6O2/c1-18(2,3)26-17(25)21-11-13(19)16-20-8-10-24(16)14-6-5-12-7-9-23(4)15(12)22-14/h5-10,13H,11,19H2,1-4H3,(H,21,25)/t13-/m0/s1. The predicted molar refractivity (Wildman–Crippen MR) is 99.0 cm³/mol. The van der Waals surface area contributed by atoms with Crippen LogP contribution in [0.15, 0.2) is 36.8 Å². The molecule has 1 atom stereocenters. The fraction of sp³-hybridized carbons (Fsp3) is 0.389. The number of hydrogen-bond donors (Lipinski definition) is 2. The second-order valence-electron chi connectivity index (χ2n) is 7.15. The van der Waals surface area contributed by atoms with Gasteiger partial charge in [0.25, 0.3) is 0 Å². The van der Waals surface area contributed by atoms with Gasteiger partial charge in [-0.15, -0.1) is 0 Å². The van der Waals surface area contributed by atoms with E-state index in [4.69, 9.17) is 10.5 Å². The van der Waals surface area contributed by atoms with Crippen LogP contribution in [-0.2, 0) is 11.8 Å². The molecule has 0 saturated carbocycles. The predicted octanol–water partition coefficient (Wildman–Crippen LogP) is 2.28. The van der Waals surface area contributed by atoms with Gasteiger partial charge >= 0.3 is 6.09 Å². The van der Waals surface area contributed by atoms with E-state index < -0.39 is 17.7 Å². The first kappa shape index (κ1) is 17.9. The molecule has 26 heavy (non-hydrogen) atoms. The van der Waals surface area contributed by atoms with Crippen molar-refractivity contribution in [2.45, 2.75) is 32.4 Å². The van der Waals surface area contributed by atoms with Crippen molar-refractivity contribution in [2.24, 2.45) is 12.8 Å². The maximum Gasteiger partial charge on any atom is 0.407 e. The van der Waals surface area contributed by atoms with E-state index in [1.54, 1.807) is 12.4 Å². The summed E-state index contributed by atoms with van der Waals surface area (Å²) in [7, 11) is 1.95. The summed E-state index contributed by atoms with van der Waals surface area (Å²) in [5.74, 6) is 1.33. The SMILES string of the molecule is Cn1ccc2ccc(-n3ccnc3[C@@H](N)CNC(=O)OC(C)(C)C)nc21. The normalized spacial score (nSPS) is 13.0. The molecule has 0 aliphatic carbocycles. The Bertz CT molecular complexity index is 921. The maximum atomic E-state index is 11.8. The number of carbonyl (C=O) groups is 1. The van der Waals surface area contributed by atoms with E-state index >= 15 is 0 Å². The molecule has 0 fully saturated rings. The van der Waals surface area contributed by atoms with Gasteiger partial charge in [-0.3, -0.25) is 4.57 Å². The van der Waals surface area contributed by atoms with Crippen molar-refractivity contribution in [3.8, 4) is 5.82 Å². The highest BCUT2D eigenvalue weighted by Crippen LogP contribution is 2.18. The first-order chi connectivity index (χ1) is 12.2. The van der Waals surface area contributed by atoms with Gasteiger partial charge in [-0.25, -0.2) is 14.8 Å². The molecular formula is C18H24N6O2. The smallest absolute Gasteiger partial charge is 0.407 e. The third kappa shape index (κ3) is 3.85. The Morgan fingerprint density at radius 1 is 1.31 bits per heavy atom. The van der Waals surface area contributed by atoms with Crippen molar-refractivity contribution < 1.29 is 9.53 Å². The van der Waals surface area contributed by atoms with Crippen LogP contribution in [0.1, 0.15) is 32.6 Å². The number of carbonyl (C=O) groups excluding carboxylic acids is 1. The monoisotopic (exact) mass is 356 g/mol. The minimum absolute atomic E-state index is 0.207. The largest absolute Gasteiger partial charge is 0.444 e. The lowest BCUT2D eigenvalue weighted by molar-refractivity contribution is 0.0524. The molecule has 0 aromatic carbocycles. The Morgan fingerprint density at radius 2 is 2.08 bits per heavy atom. The number of rotatable bonds is 4. The number of hydrogen-bond acceptors (Lipinski definition) is 5. The number of aromatic nitrogens is 4. The molecule has 0 unspecified atom stereocenters. The molecule has 3 rings (SSSR count). The van der Waals surface area contributed by atoms with Crippen LogP contribution < -0.4 is 11.1 Å². The molecule has 3 N–H and O–H groups in total. The molecule has 3 heterocycles. The zero-order valence-corrected chi connectivity index (χ0v) is 15.4. The molecule has 0 saturated heterocycles. The number of nitrogens with zero attached hydrogens (tertiary/aromatic N) is 4. The molecule has 0 aliphatic rings. The first-order valence-electron chi connectivity index (χ1n) is 8.43. The minimum atomic E-state index is -0.555. The van der Waals surface area contributed by atoms with E-state index in [-0.39, 0.29) is 6.54 Å². The maximum absolute atomic E-state index is 11.8. The highest BCUT2D eigenvalue weighted by atomic mass is 16.6. The number of pyridine rings is 1. The second kappa shape index (κ2) is 6.80. The first-order valence-corrected chi connectivity index (χ1v) is 8.43. The molecule has 0 radical (unpaired) electrons. The van der Waals surface area contributed by atoms with Crippen LogP contribution >= 0.6 is 0 Å².